The fourth-order valence-corrected chi connectivity index (χ4v) is 1.24. The maximum atomic E-state index is 9.06. The Kier molecular flexibility index (Phi) is 3.55. The lowest BCUT2D eigenvalue weighted by Gasteiger charge is -2.11. The predicted octanol–water partition coefficient (Wildman–Crippen LogP) is 2.34. The van der Waals surface area contributed by atoms with E-state index in [0.717, 1.165) is 6.42 Å². The van der Waals surface area contributed by atoms with Crippen LogP contribution < -0.4 is 0 Å². The van der Waals surface area contributed by atoms with Gasteiger partial charge in [-0.25, -0.2) is 0 Å². The number of aliphatic hydroxyl groups is 1. The van der Waals surface area contributed by atoms with E-state index in [1.807, 2.05) is 36.4 Å². The first-order chi connectivity index (χ1) is 5.88. The smallest absolute Gasteiger partial charge is 0.0502 e. The monoisotopic (exact) mass is 162 g/mol. The highest BCUT2D eigenvalue weighted by molar-refractivity contribution is 5.20. The van der Waals surface area contributed by atoms with Crippen LogP contribution in [0.2, 0.25) is 0 Å². The van der Waals surface area contributed by atoms with Crippen molar-refractivity contribution < 1.29 is 5.11 Å². The Hall–Kier alpha value is -1.08. The van der Waals surface area contributed by atoms with Crippen molar-refractivity contribution in [2.75, 3.05) is 6.61 Å². The molecule has 12 heavy (non-hydrogen) atoms. The summed E-state index contributed by atoms with van der Waals surface area (Å²) in [6.07, 6.45) is 2.68. The van der Waals surface area contributed by atoms with Crippen molar-refractivity contribution in [2.45, 2.75) is 12.3 Å². The minimum absolute atomic E-state index is 0.191. The Bertz CT molecular complexity index is 228. The third-order valence-electron chi connectivity index (χ3n) is 1.94. The first-order valence-electron chi connectivity index (χ1n) is 4.15. The van der Waals surface area contributed by atoms with Gasteiger partial charge in [-0.3, -0.25) is 0 Å². The van der Waals surface area contributed by atoms with Crippen molar-refractivity contribution in [1.29, 1.82) is 0 Å². The zero-order chi connectivity index (χ0) is 8.81. The number of allylic oxidation sites excluding steroid dienone is 1. The number of hydrogen-bond acceptors (Lipinski definition) is 1. The van der Waals surface area contributed by atoms with Crippen molar-refractivity contribution >= 4 is 0 Å². The molecular weight excluding hydrogens is 148 g/mol. The molecule has 0 saturated heterocycles. The molecule has 0 saturated carbocycles. The second kappa shape index (κ2) is 4.73. The fourth-order valence-electron chi connectivity index (χ4n) is 1.24. The van der Waals surface area contributed by atoms with E-state index in [1.54, 1.807) is 0 Å². The Labute approximate surface area is 73.4 Å². The predicted molar refractivity (Wildman–Crippen MR) is 51.1 cm³/mol. The van der Waals surface area contributed by atoms with Gasteiger partial charge in [-0.2, -0.15) is 0 Å². The van der Waals surface area contributed by atoms with Gasteiger partial charge in [0.25, 0.3) is 0 Å². The Balaban J connectivity index is 2.72. The molecule has 0 amide bonds. The van der Waals surface area contributed by atoms with Crippen LogP contribution in [-0.4, -0.2) is 11.7 Å². The lowest BCUT2D eigenvalue weighted by atomic mass is 9.97. The van der Waals surface area contributed by atoms with Gasteiger partial charge in [0.2, 0.25) is 0 Å². The van der Waals surface area contributed by atoms with Crippen molar-refractivity contribution in [1.82, 2.24) is 0 Å². The molecule has 1 unspecified atom stereocenters. The molecule has 0 aliphatic carbocycles. The standard InChI is InChI=1S/C11H14O/c1-2-6-11(9-12)10-7-4-3-5-8-10/h2-5,7-8,11-12H,1,6,9H2. The maximum Gasteiger partial charge on any atom is 0.0502 e. The molecule has 0 aliphatic heterocycles. The first kappa shape index (κ1) is 9.01. The van der Waals surface area contributed by atoms with E-state index in [2.05, 4.69) is 6.58 Å². The van der Waals surface area contributed by atoms with Crippen LogP contribution in [-0.2, 0) is 0 Å². The molecular formula is C11H14O. The second-order valence-electron chi connectivity index (χ2n) is 2.81. The van der Waals surface area contributed by atoms with Crippen LogP contribution in [0, 0.1) is 0 Å². The summed E-state index contributed by atoms with van der Waals surface area (Å²) in [6.45, 7) is 3.85. The lowest BCUT2D eigenvalue weighted by Crippen LogP contribution is -2.02. The molecule has 0 bridgehead atoms. The van der Waals surface area contributed by atoms with Crippen LogP contribution in [0.25, 0.3) is 0 Å². The average Bonchev–Trinajstić information content (AvgIpc) is 2.15. The van der Waals surface area contributed by atoms with Gasteiger partial charge >= 0.3 is 0 Å². The Morgan fingerprint density at radius 1 is 1.33 bits per heavy atom. The van der Waals surface area contributed by atoms with Crippen molar-refractivity contribution in [3.05, 3.63) is 48.6 Å². The summed E-state index contributed by atoms with van der Waals surface area (Å²) >= 11 is 0. The number of hydrogen-bond donors (Lipinski definition) is 1. The maximum absolute atomic E-state index is 9.06. The van der Waals surface area contributed by atoms with Gasteiger partial charge < -0.3 is 5.11 Å². The highest BCUT2D eigenvalue weighted by Gasteiger charge is 2.06. The van der Waals surface area contributed by atoms with Gasteiger partial charge in [-0.15, -0.1) is 6.58 Å². The van der Waals surface area contributed by atoms with Crippen LogP contribution in [0.5, 0.6) is 0 Å². The fraction of sp³-hybridized carbons (Fsp3) is 0.273. The van der Waals surface area contributed by atoms with Gasteiger partial charge in [0.05, 0.1) is 6.61 Å². The van der Waals surface area contributed by atoms with Gasteiger partial charge in [0.15, 0.2) is 0 Å². The third-order valence-corrected chi connectivity index (χ3v) is 1.94. The molecule has 1 aromatic rings. The van der Waals surface area contributed by atoms with Crippen LogP contribution in [0.4, 0.5) is 0 Å². The summed E-state index contributed by atoms with van der Waals surface area (Å²) in [5, 5.41) is 9.06. The van der Waals surface area contributed by atoms with Crippen LogP contribution >= 0.6 is 0 Å². The molecule has 64 valence electrons. The van der Waals surface area contributed by atoms with E-state index in [9.17, 15) is 0 Å². The minimum Gasteiger partial charge on any atom is -0.396 e. The zero-order valence-corrected chi connectivity index (χ0v) is 7.11. The van der Waals surface area contributed by atoms with Crippen LogP contribution in [0.1, 0.15) is 17.9 Å². The van der Waals surface area contributed by atoms with E-state index in [4.69, 9.17) is 5.11 Å². The van der Waals surface area contributed by atoms with Gasteiger partial charge in [-0.1, -0.05) is 36.4 Å². The van der Waals surface area contributed by atoms with E-state index in [0.29, 0.717) is 0 Å². The molecule has 1 heteroatoms. The lowest BCUT2D eigenvalue weighted by molar-refractivity contribution is 0.266. The number of aliphatic hydroxyl groups excluding tert-OH is 1. The van der Waals surface area contributed by atoms with Gasteiger partial charge in [0, 0.05) is 5.92 Å². The molecule has 1 rings (SSSR count). The summed E-state index contributed by atoms with van der Waals surface area (Å²) in [7, 11) is 0. The minimum atomic E-state index is 0.191. The highest BCUT2D eigenvalue weighted by atomic mass is 16.3. The van der Waals surface area contributed by atoms with E-state index < -0.39 is 0 Å². The van der Waals surface area contributed by atoms with Crippen LogP contribution in [0.15, 0.2) is 43.0 Å². The molecule has 0 fully saturated rings. The molecule has 1 atom stereocenters. The van der Waals surface area contributed by atoms with E-state index in [1.165, 1.54) is 5.56 Å². The topological polar surface area (TPSA) is 20.2 Å². The largest absolute Gasteiger partial charge is 0.396 e. The molecule has 1 nitrogen and oxygen atoms in total. The van der Waals surface area contributed by atoms with Crippen molar-refractivity contribution in [3.63, 3.8) is 0 Å². The first-order valence-corrected chi connectivity index (χ1v) is 4.15. The molecule has 0 radical (unpaired) electrons. The highest BCUT2D eigenvalue weighted by Crippen LogP contribution is 2.18. The SMILES string of the molecule is C=CCC(CO)c1ccccc1. The summed E-state index contributed by atoms with van der Waals surface area (Å²) < 4.78 is 0. The molecule has 0 heterocycles. The van der Waals surface area contributed by atoms with Crippen molar-refractivity contribution in [3.8, 4) is 0 Å². The van der Waals surface area contributed by atoms with E-state index in [-0.39, 0.29) is 12.5 Å². The summed E-state index contributed by atoms with van der Waals surface area (Å²) in [4.78, 5) is 0. The van der Waals surface area contributed by atoms with E-state index >= 15 is 0 Å². The quantitative estimate of drug-likeness (QED) is 0.674. The Morgan fingerprint density at radius 2 is 2.00 bits per heavy atom. The third kappa shape index (κ3) is 2.21. The van der Waals surface area contributed by atoms with Crippen LogP contribution in [0.3, 0.4) is 0 Å². The van der Waals surface area contributed by atoms with Gasteiger partial charge in [0.1, 0.15) is 0 Å². The summed E-state index contributed by atoms with van der Waals surface area (Å²) in [6, 6.07) is 10.0. The Morgan fingerprint density at radius 3 is 2.50 bits per heavy atom. The molecule has 0 aromatic heterocycles. The molecule has 0 aliphatic rings. The molecule has 0 spiro atoms. The summed E-state index contributed by atoms with van der Waals surface area (Å²) in [5.41, 5.74) is 1.18. The average molecular weight is 162 g/mol. The number of benzene rings is 1. The molecule has 1 N–H and O–H groups in total. The van der Waals surface area contributed by atoms with Crippen molar-refractivity contribution in [2.24, 2.45) is 0 Å². The number of rotatable bonds is 4. The summed E-state index contributed by atoms with van der Waals surface area (Å²) in [5.74, 6) is 0.212. The second-order valence-corrected chi connectivity index (χ2v) is 2.81. The van der Waals surface area contributed by atoms with Gasteiger partial charge in [-0.05, 0) is 12.0 Å². The molecule has 1 aromatic carbocycles. The zero-order valence-electron chi connectivity index (χ0n) is 7.11. The normalized spacial score (nSPS) is 12.4.